The molecule has 0 saturated carbocycles. The van der Waals surface area contributed by atoms with Crippen molar-refractivity contribution in [3.63, 3.8) is 0 Å². The van der Waals surface area contributed by atoms with Gasteiger partial charge in [0.15, 0.2) is 5.82 Å². The molecule has 1 aromatic carbocycles. The Bertz CT molecular complexity index is 894. The van der Waals surface area contributed by atoms with Crippen LogP contribution >= 0.6 is 0 Å². The summed E-state index contributed by atoms with van der Waals surface area (Å²) < 4.78 is 1.71. The summed E-state index contributed by atoms with van der Waals surface area (Å²) >= 11 is 0. The number of anilines is 1. The molecule has 3 aromatic rings. The maximum atomic E-state index is 11.8. The molecule has 0 unspecified atom stereocenters. The number of rotatable bonds is 3. The van der Waals surface area contributed by atoms with Gasteiger partial charge in [-0.2, -0.15) is 5.10 Å². The third kappa shape index (κ3) is 2.87. The van der Waals surface area contributed by atoms with Crippen LogP contribution in [0.2, 0.25) is 0 Å². The predicted molar refractivity (Wildman–Crippen MR) is 93.0 cm³/mol. The first-order valence-electron chi connectivity index (χ1n) is 8.27. The molecule has 122 valence electrons. The molecule has 0 N–H and O–H groups in total. The van der Waals surface area contributed by atoms with Crippen molar-refractivity contribution >= 4 is 16.6 Å². The lowest BCUT2D eigenvalue weighted by molar-refractivity contribution is 0.350. The lowest BCUT2D eigenvalue weighted by Crippen LogP contribution is -2.37. The zero-order valence-electron chi connectivity index (χ0n) is 13.4. The van der Waals surface area contributed by atoms with Crippen LogP contribution in [0.25, 0.3) is 10.8 Å². The van der Waals surface area contributed by atoms with Gasteiger partial charge >= 0.3 is 0 Å². The molecule has 1 aliphatic rings. The molecule has 0 atom stereocenters. The van der Waals surface area contributed by atoms with E-state index in [1.807, 2.05) is 12.1 Å². The maximum absolute atomic E-state index is 11.8. The van der Waals surface area contributed by atoms with E-state index in [1.54, 1.807) is 23.3 Å². The van der Waals surface area contributed by atoms with E-state index < -0.39 is 0 Å². The Balaban J connectivity index is 1.48. The highest BCUT2D eigenvalue weighted by Gasteiger charge is 2.22. The predicted octanol–water partition coefficient (Wildman–Crippen LogP) is 2.10. The zero-order chi connectivity index (χ0) is 16.4. The lowest BCUT2D eigenvalue weighted by atomic mass is 9.96. The Morgan fingerprint density at radius 2 is 1.96 bits per heavy atom. The van der Waals surface area contributed by atoms with Crippen molar-refractivity contribution in [1.29, 1.82) is 0 Å². The summed E-state index contributed by atoms with van der Waals surface area (Å²) in [4.78, 5) is 18.2. The Labute approximate surface area is 139 Å². The topological polar surface area (TPSA) is 63.9 Å². The number of hydrogen-bond donors (Lipinski definition) is 0. The summed E-state index contributed by atoms with van der Waals surface area (Å²) in [5.41, 5.74) is 0.0207. The molecule has 3 heterocycles. The quantitative estimate of drug-likeness (QED) is 0.739. The van der Waals surface area contributed by atoms with Gasteiger partial charge in [0.25, 0.3) is 5.56 Å². The first kappa shape index (κ1) is 14.8. The van der Waals surface area contributed by atoms with Crippen LogP contribution in [0.5, 0.6) is 0 Å². The van der Waals surface area contributed by atoms with Crippen LogP contribution in [0, 0.1) is 5.92 Å². The lowest BCUT2D eigenvalue weighted by Gasteiger charge is -2.33. The molecular weight excluding hydrogens is 302 g/mol. The second kappa shape index (κ2) is 6.39. The molecule has 6 heteroatoms. The molecule has 1 saturated heterocycles. The number of aromatic nitrogens is 4. The number of hydrogen-bond acceptors (Lipinski definition) is 5. The van der Waals surface area contributed by atoms with E-state index in [0.29, 0.717) is 5.92 Å². The fourth-order valence-corrected chi connectivity index (χ4v) is 3.37. The molecule has 0 amide bonds. The Kier molecular flexibility index (Phi) is 3.94. The number of nitrogens with zero attached hydrogens (tertiary/aromatic N) is 5. The van der Waals surface area contributed by atoms with Crippen LogP contribution in [0.3, 0.4) is 0 Å². The number of piperidine rings is 1. The van der Waals surface area contributed by atoms with Gasteiger partial charge in [-0.25, -0.2) is 4.98 Å². The van der Waals surface area contributed by atoms with Crippen molar-refractivity contribution < 1.29 is 0 Å². The normalized spacial score (nSPS) is 15.8. The molecule has 24 heavy (non-hydrogen) atoms. The van der Waals surface area contributed by atoms with Gasteiger partial charge in [-0.1, -0.05) is 24.3 Å². The molecule has 2 aromatic heterocycles. The van der Waals surface area contributed by atoms with E-state index in [0.717, 1.165) is 49.1 Å². The molecule has 1 aliphatic heterocycles. The van der Waals surface area contributed by atoms with Crippen LogP contribution in [0.1, 0.15) is 12.8 Å². The van der Waals surface area contributed by atoms with Gasteiger partial charge < -0.3 is 4.90 Å². The minimum atomic E-state index is 0.0207. The van der Waals surface area contributed by atoms with Gasteiger partial charge in [0.1, 0.15) is 0 Å². The third-order valence-electron chi connectivity index (χ3n) is 4.71. The van der Waals surface area contributed by atoms with E-state index in [2.05, 4.69) is 32.2 Å². The van der Waals surface area contributed by atoms with E-state index in [4.69, 9.17) is 0 Å². The summed E-state index contributed by atoms with van der Waals surface area (Å²) in [6.45, 7) is 2.60. The van der Waals surface area contributed by atoms with E-state index in [-0.39, 0.29) is 5.56 Å². The van der Waals surface area contributed by atoms with Gasteiger partial charge in [0.2, 0.25) is 0 Å². The van der Waals surface area contributed by atoms with Crippen LogP contribution in [-0.4, -0.2) is 32.8 Å². The van der Waals surface area contributed by atoms with Crippen molar-refractivity contribution in [3.8, 4) is 0 Å². The van der Waals surface area contributed by atoms with Crippen LogP contribution < -0.4 is 10.5 Å². The van der Waals surface area contributed by atoms with E-state index in [1.165, 1.54) is 6.07 Å². The first-order valence-corrected chi connectivity index (χ1v) is 8.27. The first-order chi connectivity index (χ1) is 11.8. The number of benzene rings is 1. The van der Waals surface area contributed by atoms with Crippen LogP contribution in [0.4, 0.5) is 5.82 Å². The molecule has 6 nitrogen and oxygen atoms in total. The van der Waals surface area contributed by atoms with Gasteiger partial charge in [0.05, 0.1) is 12.5 Å². The maximum Gasteiger partial charge on any atom is 0.253 e. The van der Waals surface area contributed by atoms with Crippen molar-refractivity contribution in [2.45, 2.75) is 19.4 Å². The van der Waals surface area contributed by atoms with Crippen LogP contribution in [0.15, 0.2) is 53.8 Å². The molecule has 4 rings (SSSR count). The summed E-state index contributed by atoms with van der Waals surface area (Å²) in [5, 5.41) is 10.8. The zero-order valence-corrected chi connectivity index (χ0v) is 13.4. The van der Waals surface area contributed by atoms with E-state index in [9.17, 15) is 4.79 Å². The minimum Gasteiger partial charge on any atom is -0.355 e. The average Bonchev–Trinajstić information content (AvgIpc) is 2.64. The van der Waals surface area contributed by atoms with E-state index >= 15 is 0 Å². The molecule has 0 radical (unpaired) electrons. The fourth-order valence-electron chi connectivity index (χ4n) is 3.37. The minimum absolute atomic E-state index is 0.0207. The molecule has 0 bridgehead atoms. The SMILES string of the molecule is O=c1ccncn1CC1CCN(c2nncc3ccccc23)CC1. The second-order valence-corrected chi connectivity index (χ2v) is 6.26. The fraction of sp³-hybridized carbons (Fsp3) is 0.333. The Hall–Kier alpha value is -2.76. The average molecular weight is 321 g/mol. The Morgan fingerprint density at radius 1 is 1.12 bits per heavy atom. The second-order valence-electron chi connectivity index (χ2n) is 6.26. The smallest absolute Gasteiger partial charge is 0.253 e. The summed E-state index contributed by atoms with van der Waals surface area (Å²) in [7, 11) is 0. The van der Waals surface area contributed by atoms with Crippen molar-refractivity contribution in [3.05, 3.63) is 59.4 Å². The highest BCUT2D eigenvalue weighted by atomic mass is 16.1. The largest absolute Gasteiger partial charge is 0.355 e. The van der Waals surface area contributed by atoms with Gasteiger partial charge in [0, 0.05) is 42.7 Å². The number of fused-ring (bicyclic) bond motifs is 1. The summed E-state index contributed by atoms with van der Waals surface area (Å²) in [5.74, 6) is 1.45. The third-order valence-corrected chi connectivity index (χ3v) is 4.71. The molecular formula is C18H19N5O. The van der Waals surface area contributed by atoms with Crippen LogP contribution in [-0.2, 0) is 6.54 Å². The molecule has 0 spiro atoms. The molecule has 1 fully saturated rings. The highest BCUT2D eigenvalue weighted by molar-refractivity contribution is 5.91. The van der Waals surface area contributed by atoms with Gasteiger partial charge in [-0.3, -0.25) is 9.36 Å². The molecule has 0 aliphatic carbocycles. The monoisotopic (exact) mass is 321 g/mol. The van der Waals surface area contributed by atoms with Gasteiger partial charge in [-0.05, 0) is 18.8 Å². The van der Waals surface area contributed by atoms with Crippen molar-refractivity contribution in [2.75, 3.05) is 18.0 Å². The summed E-state index contributed by atoms with van der Waals surface area (Å²) in [6.07, 6.45) is 7.05. The van der Waals surface area contributed by atoms with Crippen molar-refractivity contribution in [2.24, 2.45) is 5.92 Å². The summed E-state index contributed by atoms with van der Waals surface area (Å²) in [6, 6.07) is 9.73. The van der Waals surface area contributed by atoms with Crippen molar-refractivity contribution in [1.82, 2.24) is 19.7 Å². The highest BCUT2D eigenvalue weighted by Crippen LogP contribution is 2.27. The standard InChI is InChI=1S/C18H19N5O/c24-17-5-8-19-13-23(17)12-14-6-9-22(10-7-14)18-16-4-2-1-3-15(16)11-20-21-18/h1-5,8,11,13-14H,6-7,9-10,12H2. The van der Waals surface area contributed by atoms with Gasteiger partial charge in [-0.15, -0.1) is 5.10 Å². The Morgan fingerprint density at radius 3 is 2.79 bits per heavy atom.